The number of aromatic carboxylic acids is 1. The van der Waals surface area contributed by atoms with Gasteiger partial charge in [-0.2, -0.15) is 0 Å². The molecule has 0 radical (unpaired) electrons. The van der Waals surface area contributed by atoms with E-state index >= 15 is 0 Å². The number of carboxylic acid groups (broad SMARTS) is 1. The van der Waals surface area contributed by atoms with Crippen molar-refractivity contribution >= 4 is 45.0 Å². The number of aromatic nitrogens is 1. The van der Waals surface area contributed by atoms with Crippen LogP contribution in [0.25, 0.3) is 23.1 Å². The molecule has 1 aromatic heterocycles. The van der Waals surface area contributed by atoms with E-state index in [0.717, 1.165) is 15.8 Å². The summed E-state index contributed by atoms with van der Waals surface area (Å²) in [4.78, 5) is 16.1. The van der Waals surface area contributed by atoms with Crippen molar-refractivity contribution in [2.24, 2.45) is 0 Å². The molecule has 4 nitrogen and oxygen atoms in total. The third kappa shape index (κ3) is 4.06. The lowest BCUT2D eigenvalue weighted by molar-refractivity contribution is 0.0699. The highest BCUT2D eigenvalue weighted by Crippen LogP contribution is 2.24. The molecule has 0 atom stereocenters. The van der Waals surface area contributed by atoms with Crippen LogP contribution < -0.4 is 4.74 Å². The second-order valence-electron chi connectivity index (χ2n) is 5.40. The number of benzene rings is 2. The summed E-state index contributed by atoms with van der Waals surface area (Å²) in [6, 6.07) is 14.7. The van der Waals surface area contributed by atoms with Gasteiger partial charge in [-0.05, 0) is 55.0 Å². The van der Waals surface area contributed by atoms with Crippen molar-refractivity contribution in [3.05, 3.63) is 69.8 Å². The molecular weight excluding hydrogens is 382 g/mol. The van der Waals surface area contributed by atoms with Gasteiger partial charge in [-0.15, -0.1) is 0 Å². The lowest BCUT2D eigenvalue weighted by Gasteiger charge is -2.05. The summed E-state index contributed by atoms with van der Waals surface area (Å²) in [6.07, 6.45) is 3.71. The second kappa shape index (κ2) is 7.49. The molecule has 0 fully saturated rings. The Morgan fingerprint density at radius 2 is 1.92 bits per heavy atom. The fourth-order valence-electron chi connectivity index (χ4n) is 2.50. The molecule has 0 saturated heterocycles. The highest BCUT2D eigenvalue weighted by atomic mass is 79.9. The van der Waals surface area contributed by atoms with Crippen molar-refractivity contribution < 1.29 is 14.6 Å². The Morgan fingerprint density at radius 1 is 1.16 bits per heavy atom. The van der Waals surface area contributed by atoms with E-state index in [1.165, 1.54) is 0 Å². The van der Waals surface area contributed by atoms with Crippen LogP contribution in [0, 0.1) is 0 Å². The number of pyridine rings is 1. The van der Waals surface area contributed by atoms with E-state index in [2.05, 4.69) is 20.9 Å². The van der Waals surface area contributed by atoms with E-state index in [-0.39, 0.29) is 5.56 Å². The Morgan fingerprint density at radius 3 is 2.60 bits per heavy atom. The predicted molar refractivity (Wildman–Crippen MR) is 103 cm³/mol. The number of halogens is 1. The summed E-state index contributed by atoms with van der Waals surface area (Å²) in [5, 5.41) is 10.1. The quantitative estimate of drug-likeness (QED) is 0.637. The van der Waals surface area contributed by atoms with Gasteiger partial charge in [-0.1, -0.05) is 34.1 Å². The van der Waals surface area contributed by atoms with Gasteiger partial charge in [0.2, 0.25) is 0 Å². The lowest BCUT2D eigenvalue weighted by atomic mass is 10.1. The molecule has 0 spiro atoms. The number of rotatable bonds is 5. The summed E-state index contributed by atoms with van der Waals surface area (Å²) in [7, 11) is 0. The zero-order valence-corrected chi connectivity index (χ0v) is 15.2. The Labute approximate surface area is 153 Å². The average molecular weight is 398 g/mol. The van der Waals surface area contributed by atoms with Gasteiger partial charge in [-0.25, -0.2) is 9.78 Å². The van der Waals surface area contributed by atoms with Crippen molar-refractivity contribution in [1.82, 2.24) is 4.98 Å². The predicted octanol–water partition coefficient (Wildman–Crippen LogP) is 5.26. The molecule has 0 amide bonds. The first kappa shape index (κ1) is 17.2. The fraction of sp³-hybridized carbons (Fsp3) is 0.100. The monoisotopic (exact) mass is 397 g/mol. The van der Waals surface area contributed by atoms with Gasteiger partial charge in [-0.3, -0.25) is 0 Å². The van der Waals surface area contributed by atoms with Gasteiger partial charge >= 0.3 is 5.97 Å². The molecule has 0 aliphatic heterocycles. The molecule has 0 unspecified atom stereocenters. The minimum atomic E-state index is -0.971. The van der Waals surface area contributed by atoms with Gasteiger partial charge in [0.1, 0.15) is 5.75 Å². The highest BCUT2D eigenvalue weighted by Gasteiger charge is 2.11. The molecule has 0 saturated carbocycles. The average Bonchev–Trinajstić information content (AvgIpc) is 2.60. The molecule has 3 rings (SSSR count). The van der Waals surface area contributed by atoms with Crippen molar-refractivity contribution in [3.63, 3.8) is 0 Å². The van der Waals surface area contributed by atoms with E-state index in [1.54, 1.807) is 18.2 Å². The van der Waals surface area contributed by atoms with Crippen LogP contribution in [-0.4, -0.2) is 22.7 Å². The third-order valence-corrected chi connectivity index (χ3v) is 4.15. The Balaban J connectivity index is 1.95. The van der Waals surface area contributed by atoms with Gasteiger partial charge in [0.05, 0.1) is 23.4 Å². The van der Waals surface area contributed by atoms with E-state index in [1.807, 2.05) is 49.4 Å². The largest absolute Gasteiger partial charge is 0.494 e. The van der Waals surface area contributed by atoms with E-state index in [9.17, 15) is 9.90 Å². The van der Waals surface area contributed by atoms with Crippen LogP contribution in [0.1, 0.15) is 28.5 Å². The number of ether oxygens (including phenoxy) is 1. The van der Waals surface area contributed by atoms with Crippen LogP contribution >= 0.6 is 15.9 Å². The maximum Gasteiger partial charge on any atom is 0.336 e. The standard InChI is InChI=1S/C20H16BrNO3/c1-2-25-16-8-4-13(5-9-16)3-7-15-12-18(20(23)24)17-11-14(21)6-10-19(17)22-15/h3-12H,2H2,1H3,(H,23,24)/b7-3+. The molecule has 0 aliphatic carbocycles. The molecule has 5 heteroatoms. The van der Waals surface area contributed by atoms with Crippen molar-refractivity contribution in [2.45, 2.75) is 6.92 Å². The smallest absolute Gasteiger partial charge is 0.336 e. The molecule has 1 N–H and O–H groups in total. The van der Waals surface area contributed by atoms with Crippen LogP contribution in [-0.2, 0) is 0 Å². The normalized spacial score (nSPS) is 11.1. The summed E-state index contributed by atoms with van der Waals surface area (Å²) in [5.41, 5.74) is 2.46. The van der Waals surface area contributed by atoms with Crippen molar-refractivity contribution in [1.29, 1.82) is 0 Å². The number of fused-ring (bicyclic) bond motifs is 1. The van der Waals surface area contributed by atoms with Crippen molar-refractivity contribution in [3.8, 4) is 5.75 Å². The third-order valence-electron chi connectivity index (χ3n) is 3.66. The van der Waals surface area contributed by atoms with Crippen molar-refractivity contribution in [2.75, 3.05) is 6.61 Å². The zero-order chi connectivity index (χ0) is 17.8. The van der Waals surface area contributed by atoms with E-state index < -0.39 is 5.97 Å². The Kier molecular flexibility index (Phi) is 5.14. The molecular formula is C20H16BrNO3. The number of carboxylic acids is 1. The van der Waals surface area contributed by atoms with E-state index in [4.69, 9.17) is 4.74 Å². The lowest BCUT2D eigenvalue weighted by Crippen LogP contribution is -2.00. The molecule has 3 aromatic rings. The number of nitrogens with zero attached hydrogens (tertiary/aromatic N) is 1. The SMILES string of the molecule is CCOc1ccc(/C=C/c2cc(C(=O)O)c3cc(Br)ccc3n2)cc1. The number of hydrogen-bond acceptors (Lipinski definition) is 3. The highest BCUT2D eigenvalue weighted by molar-refractivity contribution is 9.10. The summed E-state index contributed by atoms with van der Waals surface area (Å²) in [5.74, 6) is -0.150. The molecule has 1 heterocycles. The van der Waals surface area contributed by atoms with Crippen LogP contribution in [0.3, 0.4) is 0 Å². The van der Waals surface area contributed by atoms with Gasteiger partial charge in [0.15, 0.2) is 0 Å². The first-order chi connectivity index (χ1) is 12.1. The molecule has 2 aromatic carbocycles. The fourth-order valence-corrected chi connectivity index (χ4v) is 2.87. The van der Waals surface area contributed by atoms with Crippen LogP contribution in [0.4, 0.5) is 0 Å². The number of carbonyl (C=O) groups is 1. The zero-order valence-electron chi connectivity index (χ0n) is 13.6. The maximum atomic E-state index is 11.6. The van der Waals surface area contributed by atoms with E-state index in [0.29, 0.717) is 23.2 Å². The maximum absolute atomic E-state index is 11.6. The molecule has 0 bridgehead atoms. The first-order valence-corrected chi connectivity index (χ1v) is 8.60. The minimum absolute atomic E-state index is 0.234. The molecule has 25 heavy (non-hydrogen) atoms. The molecule has 126 valence electrons. The Bertz CT molecular complexity index is 949. The van der Waals surface area contributed by atoms with Crippen LogP contribution in [0.15, 0.2) is 53.0 Å². The van der Waals surface area contributed by atoms with Crippen LogP contribution in [0.2, 0.25) is 0 Å². The molecule has 0 aliphatic rings. The summed E-state index contributed by atoms with van der Waals surface area (Å²) in [6.45, 7) is 2.57. The number of hydrogen-bond donors (Lipinski definition) is 1. The summed E-state index contributed by atoms with van der Waals surface area (Å²) >= 11 is 3.37. The first-order valence-electron chi connectivity index (χ1n) is 7.81. The van der Waals surface area contributed by atoms with Gasteiger partial charge in [0, 0.05) is 9.86 Å². The summed E-state index contributed by atoms with van der Waals surface area (Å²) < 4.78 is 6.24. The van der Waals surface area contributed by atoms with Gasteiger partial charge < -0.3 is 9.84 Å². The topological polar surface area (TPSA) is 59.4 Å². The van der Waals surface area contributed by atoms with Crippen LogP contribution in [0.5, 0.6) is 5.75 Å². The van der Waals surface area contributed by atoms with Gasteiger partial charge in [0.25, 0.3) is 0 Å². The second-order valence-corrected chi connectivity index (χ2v) is 6.31. The Hall–Kier alpha value is -2.66. The minimum Gasteiger partial charge on any atom is -0.494 e.